The van der Waals surface area contributed by atoms with Crippen LogP contribution < -0.4 is 5.32 Å². The summed E-state index contributed by atoms with van der Waals surface area (Å²) in [6.07, 6.45) is 11.2. The molecule has 1 aromatic heterocycles. The van der Waals surface area contributed by atoms with Crippen LogP contribution in [0.3, 0.4) is 0 Å². The third-order valence-corrected chi connectivity index (χ3v) is 6.32. The van der Waals surface area contributed by atoms with Crippen LogP contribution in [0, 0.1) is 0 Å². The summed E-state index contributed by atoms with van der Waals surface area (Å²) in [5.41, 5.74) is 0.341. The zero-order valence-electron chi connectivity index (χ0n) is 15.0. The van der Waals surface area contributed by atoms with Gasteiger partial charge in [0.15, 0.2) is 9.84 Å². The number of carbonyl (C=O) groups is 1. The second-order valence-electron chi connectivity index (χ2n) is 7.00. The van der Waals surface area contributed by atoms with Gasteiger partial charge in [-0.1, -0.05) is 31.4 Å². The van der Waals surface area contributed by atoms with Crippen molar-refractivity contribution in [2.45, 2.75) is 49.0 Å². The Hall–Kier alpha value is -2.15. The van der Waals surface area contributed by atoms with E-state index in [1.807, 2.05) is 10.8 Å². The van der Waals surface area contributed by atoms with Crippen molar-refractivity contribution in [1.82, 2.24) is 14.9 Å². The van der Waals surface area contributed by atoms with E-state index >= 15 is 0 Å². The molecule has 2 aromatic rings. The molecule has 1 N–H and O–H groups in total. The lowest BCUT2D eigenvalue weighted by molar-refractivity contribution is -0.128. The molecule has 6 nitrogen and oxygen atoms in total. The molecule has 0 bridgehead atoms. The minimum absolute atomic E-state index is 0.0319. The summed E-state index contributed by atoms with van der Waals surface area (Å²) in [6, 6.07) is 6.83. The number of imidazole rings is 1. The number of rotatable bonds is 6. The van der Waals surface area contributed by atoms with Gasteiger partial charge in [-0.2, -0.15) is 0 Å². The van der Waals surface area contributed by atoms with Crippen molar-refractivity contribution in [2.24, 2.45) is 0 Å². The maximum absolute atomic E-state index is 13.1. The van der Waals surface area contributed by atoms with Gasteiger partial charge in [0.05, 0.1) is 16.6 Å². The highest BCUT2D eigenvalue weighted by Crippen LogP contribution is 2.40. The number of sulfone groups is 1. The lowest BCUT2D eigenvalue weighted by atomic mass is 9.68. The van der Waals surface area contributed by atoms with Crippen molar-refractivity contribution >= 4 is 15.7 Å². The van der Waals surface area contributed by atoms with Gasteiger partial charge in [-0.25, -0.2) is 13.4 Å². The second kappa shape index (κ2) is 7.61. The Morgan fingerprint density at radius 1 is 1.19 bits per heavy atom. The van der Waals surface area contributed by atoms with E-state index < -0.39 is 15.3 Å². The third-order valence-electron chi connectivity index (χ3n) is 5.19. The lowest BCUT2D eigenvalue weighted by Crippen LogP contribution is -2.46. The maximum Gasteiger partial charge on any atom is 0.230 e. The van der Waals surface area contributed by atoms with Crippen LogP contribution in [0.1, 0.15) is 37.7 Å². The van der Waals surface area contributed by atoms with Crippen LogP contribution in [0.25, 0.3) is 0 Å². The summed E-state index contributed by atoms with van der Waals surface area (Å²) in [5, 5.41) is 3.07. The van der Waals surface area contributed by atoms with Gasteiger partial charge in [0.1, 0.15) is 0 Å². The Morgan fingerprint density at radius 2 is 1.88 bits per heavy atom. The summed E-state index contributed by atoms with van der Waals surface area (Å²) >= 11 is 0. The van der Waals surface area contributed by atoms with Crippen LogP contribution in [0.15, 0.2) is 47.9 Å². The first kappa shape index (κ1) is 18.6. The summed E-state index contributed by atoms with van der Waals surface area (Å²) in [4.78, 5) is 17.4. The van der Waals surface area contributed by atoms with E-state index in [2.05, 4.69) is 10.3 Å². The molecule has 0 atom stereocenters. The van der Waals surface area contributed by atoms with E-state index in [4.69, 9.17) is 0 Å². The van der Waals surface area contributed by atoms with E-state index in [1.165, 1.54) is 6.26 Å². The zero-order valence-corrected chi connectivity index (χ0v) is 15.8. The molecule has 7 heteroatoms. The highest BCUT2D eigenvalue weighted by Gasteiger charge is 2.40. The molecule has 1 aliphatic carbocycles. The van der Waals surface area contributed by atoms with Crippen LogP contribution in [-0.4, -0.2) is 36.7 Å². The normalized spacial score (nSPS) is 17.0. The van der Waals surface area contributed by atoms with Gasteiger partial charge in [-0.05, 0) is 30.5 Å². The van der Waals surface area contributed by atoms with Crippen LogP contribution >= 0.6 is 0 Å². The summed E-state index contributed by atoms with van der Waals surface area (Å²) < 4.78 is 25.3. The number of hydrogen-bond acceptors (Lipinski definition) is 4. The lowest BCUT2D eigenvalue weighted by Gasteiger charge is -2.36. The smallest absolute Gasteiger partial charge is 0.230 e. The zero-order chi connectivity index (χ0) is 18.6. The molecule has 0 aliphatic heterocycles. The number of benzene rings is 1. The first-order valence-corrected chi connectivity index (χ1v) is 10.9. The largest absolute Gasteiger partial charge is 0.354 e. The molecule has 3 rings (SSSR count). The minimum atomic E-state index is -3.24. The molecule has 26 heavy (non-hydrogen) atoms. The average molecular weight is 375 g/mol. The highest BCUT2D eigenvalue weighted by molar-refractivity contribution is 7.90. The van der Waals surface area contributed by atoms with Crippen molar-refractivity contribution in [3.63, 3.8) is 0 Å². The Bertz CT molecular complexity index is 837. The van der Waals surface area contributed by atoms with Crippen molar-refractivity contribution < 1.29 is 13.2 Å². The van der Waals surface area contributed by atoms with E-state index in [0.717, 1.165) is 37.7 Å². The Morgan fingerprint density at radius 3 is 2.46 bits per heavy atom. The molecule has 1 amide bonds. The van der Waals surface area contributed by atoms with Gasteiger partial charge in [-0.3, -0.25) is 4.79 Å². The number of carbonyl (C=O) groups excluding carboxylic acids is 1. The summed E-state index contributed by atoms with van der Waals surface area (Å²) in [7, 11) is -3.24. The quantitative estimate of drug-likeness (QED) is 0.840. The van der Waals surface area contributed by atoms with Gasteiger partial charge in [0.25, 0.3) is 0 Å². The molecule has 1 fully saturated rings. The fourth-order valence-electron chi connectivity index (χ4n) is 3.71. The van der Waals surface area contributed by atoms with Crippen molar-refractivity contribution in [2.75, 3.05) is 12.8 Å². The summed E-state index contributed by atoms with van der Waals surface area (Å²) in [5.74, 6) is 0.0319. The molecule has 1 aliphatic rings. The molecule has 1 heterocycles. The van der Waals surface area contributed by atoms with Gasteiger partial charge >= 0.3 is 0 Å². The van der Waals surface area contributed by atoms with E-state index in [0.29, 0.717) is 13.1 Å². The number of nitrogens with one attached hydrogen (secondary N) is 1. The van der Waals surface area contributed by atoms with Gasteiger partial charge < -0.3 is 9.88 Å². The van der Waals surface area contributed by atoms with Crippen LogP contribution in [0.5, 0.6) is 0 Å². The number of nitrogens with zero attached hydrogens (tertiary/aromatic N) is 2. The van der Waals surface area contributed by atoms with Crippen molar-refractivity contribution in [3.8, 4) is 0 Å². The van der Waals surface area contributed by atoms with E-state index in [9.17, 15) is 13.2 Å². The molecule has 0 saturated heterocycles. The Balaban J connectivity index is 1.78. The first-order chi connectivity index (χ1) is 12.4. The first-order valence-electron chi connectivity index (χ1n) is 8.96. The molecule has 1 aromatic carbocycles. The maximum atomic E-state index is 13.1. The molecule has 140 valence electrons. The second-order valence-corrected chi connectivity index (χ2v) is 9.01. The monoisotopic (exact) mass is 375 g/mol. The van der Waals surface area contributed by atoms with Crippen LogP contribution in [0.4, 0.5) is 0 Å². The molecule has 1 saturated carbocycles. The van der Waals surface area contributed by atoms with Gasteiger partial charge in [-0.15, -0.1) is 0 Å². The molecule has 0 unspecified atom stereocenters. The fourth-order valence-corrected chi connectivity index (χ4v) is 4.34. The Labute approximate surface area is 154 Å². The predicted molar refractivity (Wildman–Crippen MR) is 99.6 cm³/mol. The third kappa shape index (κ3) is 3.98. The van der Waals surface area contributed by atoms with Gasteiger partial charge in [0, 0.05) is 31.7 Å². The average Bonchev–Trinajstić information content (AvgIpc) is 3.15. The van der Waals surface area contributed by atoms with Crippen molar-refractivity contribution in [3.05, 3.63) is 48.5 Å². The molecule has 0 radical (unpaired) electrons. The molecule has 0 spiro atoms. The minimum Gasteiger partial charge on any atom is -0.354 e. The Kier molecular flexibility index (Phi) is 5.46. The standard InChI is InChI=1S/C19H25N3O3S/c1-26(24,25)17-7-5-16(6-8-17)19(9-3-2-4-10-19)18(23)21-12-14-22-13-11-20-15-22/h5-8,11,13,15H,2-4,9-10,12,14H2,1H3,(H,21,23). The number of hydrogen-bond donors (Lipinski definition) is 1. The SMILES string of the molecule is CS(=O)(=O)c1ccc(C2(C(=O)NCCn3ccnc3)CCCCC2)cc1. The fraction of sp³-hybridized carbons (Fsp3) is 0.474. The topological polar surface area (TPSA) is 81.1 Å². The summed E-state index contributed by atoms with van der Waals surface area (Å²) in [6.45, 7) is 1.22. The number of aromatic nitrogens is 2. The highest BCUT2D eigenvalue weighted by atomic mass is 32.2. The predicted octanol–water partition coefficient (Wildman–Crippen LogP) is 2.30. The van der Waals surface area contributed by atoms with E-state index in [1.54, 1.807) is 36.8 Å². The van der Waals surface area contributed by atoms with Crippen molar-refractivity contribution in [1.29, 1.82) is 0 Å². The van der Waals surface area contributed by atoms with E-state index in [-0.39, 0.29) is 10.8 Å². The van der Waals surface area contributed by atoms with Gasteiger partial charge in [0.2, 0.25) is 5.91 Å². The molecular weight excluding hydrogens is 350 g/mol. The number of amides is 1. The van der Waals surface area contributed by atoms with Crippen LogP contribution in [0.2, 0.25) is 0 Å². The van der Waals surface area contributed by atoms with Crippen LogP contribution in [-0.2, 0) is 26.6 Å². The molecular formula is C19H25N3O3S.